The molecule has 0 rings (SSSR count). The fourth-order valence-corrected chi connectivity index (χ4v) is 2.50. The summed E-state index contributed by atoms with van der Waals surface area (Å²) in [5, 5.41) is 11.9. The number of rotatable bonds is 12. The Hall–Kier alpha value is -1.78. The third kappa shape index (κ3) is 9.76. The zero-order valence-electron chi connectivity index (χ0n) is 14.8. The Bertz CT molecular complexity index is 405. The summed E-state index contributed by atoms with van der Waals surface area (Å²) < 4.78 is 0. The van der Waals surface area contributed by atoms with Crippen LogP contribution >= 0.6 is 0 Å². The number of hydrogen-bond acceptors (Lipinski definition) is 2. The summed E-state index contributed by atoms with van der Waals surface area (Å²) in [7, 11) is 1.68. The monoisotopic (exact) mass is 324 g/mol. The average Bonchev–Trinajstić information content (AvgIpc) is 2.44. The third-order valence-electron chi connectivity index (χ3n) is 3.71. The van der Waals surface area contributed by atoms with Crippen LogP contribution in [-0.2, 0) is 4.79 Å². The molecule has 0 fully saturated rings. The second-order valence-corrected chi connectivity index (χ2v) is 6.78. The molecule has 0 aromatic carbocycles. The van der Waals surface area contributed by atoms with Gasteiger partial charge in [0.1, 0.15) is 6.04 Å². The predicted octanol–water partition coefficient (Wildman–Crippen LogP) is 3.82. The Balaban J connectivity index is 4.40. The molecule has 2 N–H and O–H groups in total. The number of carbonyl (C=O) groups is 2. The van der Waals surface area contributed by atoms with Crippen molar-refractivity contribution in [1.82, 2.24) is 10.2 Å². The number of allylic oxidation sites excluding steroid dienone is 2. The molecule has 0 saturated carbocycles. The van der Waals surface area contributed by atoms with Gasteiger partial charge in [-0.15, -0.1) is 13.2 Å². The SMILES string of the molecule is C=CCCCCC[C@H](NC(=O)N(C)CC(C)(C)CC=C)C(=O)O. The summed E-state index contributed by atoms with van der Waals surface area (Å²) in [6.45, 7) is 12.0. The van der Waals surface area contributed by atoms with Crippen LogP contribution in [0.15, 0.2) is 25.3 Å². The first-order valence-corrected chi connectivity index (χ1v) is 8.19. The third-order valence-corrected chi connectivity index (χ3v) is 3.71. The molecule has 0 heterocycles. The van der Waals surface area contributed by atoms with Crippen LogP contribution in [0.1, 0.15) is 52.4 Å². The first kappa shape index (κ1) is 21.2. The Kier molecular flexibility index (Phi) is 10.0. The van der Waals surface area contributed by atoms with Gasteiger partial charge < -0.3 is 15.3 Å². The number of amides is 2. The van der Waals surface area contributed by atoms with Gasteiger partial charge in [0.05, 0.1) is 0 Å². The van der Waals surface area contributed by atoms with Crippen LogP contribution in [0.25, 0.3) is 0 Å². The zero-order valence-corrected chi connectivity index (χ0v) is 14.8. The van der Waals surface area contributed by atoms with Crippen molar-refractivity contribution in [3.05, 3.63) is 25.3 Å². The number of nitrogens with zero attached hydrogens (tertiary/aromatic N) is 1. The maximum absolute atomic E-state index is 12.2. The number of hydrogen-bond donors (Lipinski definition) is 2. The van der Waals surface area contributed by atoms with Crippen molar-refractivity contribution in [2.24, 2.45) is 5.41 Å². The molecular formula is C18H32N2O3. The first-order valence-electron chi connectivity index (χ1n) is 8.19. The molecule has 0 spiro atoms. The maximum atomic E-state index is 12.2. The van der Waals surface area contributed by atoms with Gasteiger partial charge >= 0.3 is 12.0 Å². The lowest BCUT2D eigenvalue weighted by Crippen LogP contribution is -2.48. The van der Waals surface area contributed by atoms with Crippen LogP contribution in [0.2, 0.25) is 0 Å². The molecule has 0 aliphatic heterocycles. The van der Waals surface area contributed by atoms with Gasteiger partial charge in [0, 0.05) is 13.6 Å². The number of carboxylic acids is 1. The van der Waals surface area contributed by atoms with Crippen molar-refractivity contribution >= 4 is 12.0 Å². The molecule has 0 bridgehead atoms. The van der Waals surface area contributed by atoms with Gasteiger partial charge in [-0.3, -0.25) is 0 Å². The van der Waals surface area contributed by atoms with Crippen molar-refractivity contribution in [3.63, 3.8) is 0 Å². The minimum atomic E-state index is -0.985. The molecule has 0 radical (unpaired) electrons. The van der Waals surface area contributed by atoms with Gasteiger partial charge in [-0.2, -0.15) is 0 Å². The van der Waals surface area contributed by atoms with E-state index in [0.717, 1.165) is 32.1 Å². The van der Waals surface area contributed by atoms with Crippen molar-refractivity contribution in [1.29, 1.82) is 0 Å². The van der Waals surface area contributed by atoms with E-state index in [4.69, 9.17) is 0 Å². The molecule has 1 atom stereocenters. The Morgan fingerprint density at radius 3 is 2.39 bits per heavy atom. The lowest BCUT2D eigenvalue weighted by atomic mass is 9.89. The highest BCUT2D eigenvalue weighted by molar-refractivity contribution is 5.82. The van der Waals surface area contributed by atoms with E-state index in [2.05, 4.69) is 18.5 Å². The van der Waals surface area contributed by atoms with Gasteiger partial charge in [0.2, 0.25) is 0 Å². The molecule has 5 nitrogen and oxygen atoms in total. The number of nitrogens with one attached hydrogen (secondary N) is 1. The summed E-state index contributed by atoms with van der Waals surface area (Å²) >= 11 is 0. The van der Waals surface area contributed by atoms with Crippen LogP contribution < -0.4 is 5.32 Å². The summed E-state index contributed by atoms with van der Waals surface area (Å²) in [4.78, 5) is 25.0. The summed E-state index contributed by atoms with van der Waals surface area (Å²) in [6.07, 6.45) is 8.57. The van der Waals surface area contributed by atoms with Crippen molar-refractivity contribution in [2.75, 3.05) is 13.6 Å². The summed E-state index contributed by atoms with van der Waals surface area (Å²) in [6, 6.07) is -1.18. The second-order valence-electron chi connectivity index (χ2n) is 6.78. The normalized spacial score (nSPS) is 12.3. The fraction of sp³-hybridized carbons (Fsp3) is 0.667. The molecule has 5 heteroatoms. The van der Waals surface area contributed by atoms with E-state index in [-0.39, 0.29) is 11.4 Å². The molecule has 23 heavy (non-hydrogen) atoms. The quantitative estimate of drug-likeness (QED) is 0.423. The van der Waals surface area contributed by atoms with Crippen LogP contribution in [0.5, 0.6) is 0 Å². The topological polar surface area (TPSA) is 69.6 Å². The van der Waals surface area contributed by atoms with Gasteiger partial charge in [-0.25, -0.2) is 9.59 Å². The van der Waals surface area contributed by atoms with Crippen LogP contribution in [0.3, 0.4) is 0 Å². The number of unbranched alkanes of at least 4 members (excludes halogenated alkanes) is 3. The number of carboxylic acid groups (broad SMARTS) is 1. The van der Waals surface area contributed by atoms with E-state index in [9.17, 15) is 14.7 Å². The van der Waals surface area contributed by atoms with Crippen molar-refractivity contribution < 1.29 is 14.7 Å². The van der Waals surface area contributed by atoms with E-state index < -0.39 is 12.0 Å². The van der Waals surface area contributed by atoms with Gasteiger partial charge in [0.15, 0.2) is 0 Å². The highest BCUT2D eigenvalue weighted by Gasteiger charge is 2.25. The largest absolute Gasteiger partial charge is 0.480 e. The van der Waals surface area contributed by atoms with Gasteiger partial charge in [0.25, 0.3) is 0 Å². The van der Waals surface area contributed by atoms with Crippen molar-refractivity contribution in [2.45, 2.75) is 58.4 Å². The molecule has 0 saturated heterocycles. The van der Waals surface area contributed by atoms with Crippen LogP contribution in [0, 0.1) is 5.41 Å². The first-order chi connectivity index (χ1) is 10.7. The Morgan fingerprint density at radius 2 is 1.87 bits per heavy atom. The predicted molar refractivity (Wildman–Crippen MR) is 94.5 cm³/mol. The van der Waals surface area contributed by atoms with Crippen LogP contribution in [-0.4, -0.2) is 41.6 Å². The highest BCUT2D eigenvalue weighted by Crippen LogP contribution is 2.21. The molecule has 0 unspecified atom stereocenters. The van der Waals surface area contributed by atoms with Crippen molar-refractivity contribution in [3.8, 4) is 0 Å². The molecule has 2 amide bonds. The van der Waals surface area contributed by atoms with E-state index in [1.807, 2.05) is 26.0 Å². The standard InChI is InChI=1S/C18H32N2O3/c1-6-8-9-10-11-12-15(16(21)22)19-17(23)20(5)14-18(3,4)13-7-2/h6-7,15H,1-2,8-14H2,3-5H3,(H,19,23)(H,21,22)/t15-/m0/s1. The Morgan fingerprint density at radius 1 is 1.22 bits per heavy atom. The molecular weight excluding hydrogens is 292 g/mol. The number of carbonyl (C=O) groups excluding carboxylic acids is 1. The average molecular weight is 324 g/mol. The molecule has 0 aliphatic rings. The van der Waals surface area contributed by atoms with E-state index in [0.29, 0.717) is 13.0 Å². The minimum Gasteiger partial charge on any atom is -0.480 e. The smallest absolute Gasteiger partial charge is 0.326 e. The van der Waals surface area contributed by atoms with E-state index >= 15 is 0 Å². The highest BCUT2D eigenvalue weighted by atomic mass is 16.4. The zero-order chi connectivity index (χ0) is 17.9. The maximum Gasteiger partial charge on any atom is 0.326 e. The van der Waals surface area contributed by atoms with Crippen LogP contribution in [0.4, 0.5) is 4.79 Å². The van der Waals surface area contributed by atoms with Gasteiger partial charge in [-0.05, 0) is 31.1 Å². The molecule has 0 aromatic heterocycles. The van der Waals surface area contributed by atoms with E-state index in [1.54, 1.807) is 7.05 Å². The number of aliphatic carboxylic acids is 1. The fourth-order valence-electron chi connectivity index (χ4n) is 2.50. The second kappa shape index (κ2) is 10.9. The van der Waals surface area contributed by atoms with Gasteiger partial charge in [-0.1, -0.05) is 38.8 Å². The lowest BCUT2D eigenvalue weighted by molar-refractivity contribution is -0.139. The van der Waals surface area contributed by atoms with E-state index in [1.165, 1.54) is 4.90 Å². The molecule has 132 valence electrons. The molecule has 0 aromatic rings. The minimum absolute atomic E-state index is 0.0861. The Labute approximate surface area is 140 Å². The number of urea groups is 1. The molecule has 0 aliphatic carbocycles. The summed E-state index contributed by atoms with van der Waals surface area (Å²) in [5.41, 5.74) is -0.0861. The lowest BCUT2D eigenvalue weighted by Gasteiger charge is -2.30. The summed E-state index contributed by atoms with van der Waals surface area (Å²) in [5.74, 6) is -0.985.